The highest BCUT2D eigenvalue weighted by molar-refractivity contribution is 5.96. The van der Waals surface area contributed by atoms with Crippen molar-refractivity contribution in [3.05, 3.63) is 47.5 Å². The molecule has 178 valence electrons. The molecule has 1 aromatic carbocycles. The van der Waals surface area contributed by atoms with Crippen molar-refractivity contribution in [1.29, 1.82) is 5.26 Å². The van der Waals surface area contributed by atoms with Gasteiger partial charge in [0.2, 0.25) is 5.82 Å². The summed E-state index contributed by atoms with van der Waals surface area (Å²) in [5.41, 5.74) is 5.78. The molecular weight excluding hydrogens is 430 g/mol. The van der Waals surface area contributed by atoms with Crippen molar-refractivity contribution in [1.82, 2.24) is 34.7 Å². The van der Waals surface area contributed by atoms with E-state index in [0.29, 0.717) is 29.1 Å². The first-order valence-electron chi connectivity index (χ1n) is 11.5. The van der Waals surface area contributed by atoms with Gasteiger partial charge in [-0.2, -0.15) is 15.2 Å². The van der Waals surface area contributed by atoms with Gasteiger partial charge in [-0.05, 0) is 30.7 Å². The summed E-state index contributed by atoms with van der Waals surface area (Å²) >= 11 is 0. The van der Waals surface area contributed by atoms with Crippen LogP contribution >= 0.6 is 0 Å². The summed E-state index contributed by atoms with van der Waals surface area (Å²) in [4.78, 5) is 30.9. The second kappa shape index (κ2) is 10.2. The van der Waals surface area contributed by atoms with E-state index in [-0.39, 0.29) is 17.6 Å². The first kappa shape index (κ1) is 23.6. The van der Waals surface area contributed by atoms with Crippen LogP contribution in [0.2, 0.25) is 0 Å². The second-order valence-electron chi connectivity index (χ2n) is 9.23. The van der Waals surface area contributed by atoms with Gasteiger partial charge in [0, 0.05) is 51.9 Å². The van der Waals surface area contributed by atoms with Crippen molar-refractivity contribution in [3.63, 3.8) is 0 Å². The Balaban J connectivity index is 1.53. The number of fused-ring (bicyclic) bond motifs is 1. The van der Waals surface area contributed by atoms with Gasteiger partial charge in [-0.15, -0.1) is 0 Å². The minimum absolute atomic E-state index is 0.0300. The average molecular weight is 462 g/mol. The number of hydrogen-bond donors (Lipinski definition) is 1. The number of likely N-dealkylation sites (N-methyl/N-ethyl adjacent to an activating group) is 1. The highest BCUT2D eigenvalue weighted by atomic mass is 16.2. The highest BCUT2D eigenvalue weighted by Gasteiger charge is 2.21. The predicted molar refractivity (Wildman–Crippen MR) is 130 cm³/mol. The SMILES string of the molecule is CC(C)CN(NC(=O)c1ccc(CN2CCN(C)CC2)cc1)c1nc(C#N)nc2c1ncn2C. The number of imidazole rings is 1. The number of hydrazine groups is 1. The first-order valence-corrected chi connectivity index (χ1v) is 11.5. The molecule has 0 spiro atoms. The van der Waals surface area contributed by atoms with E-state index in [1.165, 1.54) is 5.56 Å². The van der Waals surface area contributed by atoms with E-state index < -0.39 is 0 Å². The summed E-state index contributed by atoms with van der Waals surface area (Å²) in [6.45, 7) is 9.73. The number of nitrogens with zero attached hydrogens (tertiary/aromatic N) is 8. The van der Waals surface area contributed by atoms with Gasteiger partial charge in [-0.3, -0.25) is 20.1 Å². The van der Waals surface area contributed by atoms with Crippen LogP contribution in [0.15, 0.2) is 30.6 Å². The van der Waals surface area contributed by atoms with Crippen LogP contribution in [-0.2, 0) is 13.6 Å². The molecule has 10 nitrogen and oxygen atoms in total. The van der Waals surface area contributed by atoms with Gasteiger partial charge in [-0.1, -0.05) is 26.0 Å². The van der Waals surface area contributed by atoms with Gasteiger partial charge in [0.25, 0.3) is 5.91 Å². The molecular formula is C24H31N9O. The van der Waals surface area contributed by atoms with Crippen LogP contribution in [-0.4, -0.2) is 75.0 Å². The van der Waals surface area contributed by atoms with Crippen LogP contribution in [0.25, 0.3) is 11.2 Å². The number of amides is 1. The van der Waals surface area contributed by atoms with Crippen molar-refractivity contribution < 1.29 is 4.79 Å². The van der Waals surface area contributed by atoms with Gasteiger partial charge < -0.3 is 9.47 Å². The van der Waals surface area contributed by atoms with E-state index in [0.717, 1.165) is 32.7 Å². The maximum Gasteiger partial charge on any atom is 0.269 e. The fraction of sp³-hybridized carbons (Fsp3) is 0.458. The van der Waals surface area contributed by atoms with Crippen LogP contribution in [0.4, 0.5) is 5.82 Å². The van der Waals surface area contributed by atoms with Gasteiger partial charge in [0.05, 0.1) is 6.33 Å². The van der Waals surface area contributed by atoms with Gasteiger partial charge in [0.15, 0.2) is 17.0 Å². The molecule has 2 aromatic heterocycles. The lowest BCUT2D eigenvalue weighted by Crippen LogP contribution is -2.45. The summed E-state index contributed by atoms with van der Waals surface area (Å²) < 4.78 is 1.73. The molecule has 10 heteroatoms. The van der Waals surface area contributed by atoms with Gasteiger partial charge in [-0.25, -0.2) is 4.98 Å². The van der Waals surface area contributed by atoms with Crippen LogP contribution in [0, 0.1) is 17.2 Å². The predicted octanol–water partition coefficient (Wildman–Crippen LogP) is 1.79. The van der Waals surface area contributed by atoms with E-state index >= 15 is 0 Å². The first-order chi connectivity index (χ1) is 16.3. The Morgan fingerprint density at radius 3 is 2.50 bits per heavy atom. The van der Waals surface area contributed by atoms with E-state index in [4.69, 9.17) is 0 Å². The molecule has 1 N–H and O–H groups in total. The zero-order valence-electron chi connectivity index (χ0n) is 20.2. The molecule has 1 saturated heterocycles. The summed E-state index contributed by atoms with van der Waals surface area (Å²) in [6.07, 6.45) is 1.62. The normalized spacial score (nSPS) is 14.9. The van der Waals surface area contributed by atoms with Crippen LogP contribution in [0.3, 0.4) is 0 Å². The monoisotopic (exact) mass is 461 g/mol. The maximum atomic E-state index is 13.1. The van der Waals surface area contributed by atoms with E-state index in [1.807, 2.05) is 51.2 Å². The molecule has 4 rings (SSSR count). The van der Waals surface area contributed by atoms with Crippen LogP contribution < -0.4 is 10.4 Å². The smallest absolute Gasteiger partial charge is 0.269 e. The Labute approximate surface area is 199 Å². The number of rotatable bonds is 7. The number of anilines is 1. The van der Waals surface area contributed by atoms with Crippen molar-refractivity contribution in [2.45, 2.75) is 20.4 Å². The Bertz CT molecular complexity index is 1190. The van der Waals surface area contributed by atoms with Crippen molar-refractivity contribution in [2.24, 2.45) is 13.0 Å². The van der Waals surface area contributed by atoms with Gasteiger partial charge >= 0.3 is 0 Å². The van der Waals surface area contributed by atoms with E-state index in [9.17, 15) is 10.1 Å². The molecule has 0 atom stereocenters. The summed E-state index contributed by atoms with van der Waals surface area (Å²) in [7, 11) is 3.96. The number of nitriles is 1. The van der Waals surface area contributed by atoms with Crippen molar-refractivity contribution in [3.8, 4) is 6.07 Å². The van der Waals surface area contributed by atoms with E-state index in [1.54, 1.807) is 15.9 Å². The fourth-order valence-electron chi connectivity index (χ4n) is 3.99. The Morgan fingerprint density at radius 1 is 1.15 bits per heavy atom. The molecule has 0 saturated carbocycles. The molecule has 1 aliphatic heterocycles. The molecule has 1 aliphatic rings. The molecule has 1 fully saturated rings. The third-order valence-electron chi connectivity index (χ3n) is 5.90. The molecule has 3 heterocycles. The molecule has 34 heavy (non-hydrogen) atoms. The summed E-state index contributed by atoms with van der Waals surface area (Å²) in [5.74, 6) is 0.428. The summed E-state index contributed by atoms with van der Waals surface area (Å²) in [6, 6.07) is 9.73. The number of carbonyl (C=O) groups excluding carboxylic acids is 1. The van der Waals surface area contributed by atoms with Gasteiger partial charge in [0.1, 0.15) is 6.07 Å². The number of piperazine rings is 1. The lowest BCUT2D eigenvalue weighted by molar-refractivity contribution is 0.0947. The Hall–Kier alpha value is -3.55. The molecule has 0 unspecified atom stereocenters. The van der Waals surface area contributed by atoms with E-state index in [2.05, 4.69) is 37.2 Å². The third-order valence-corrected chi connectivity index (χ3v) is 5.90. The zero-order chi connectivity index (χ0) is 24.2. The molecule has 3 aromatic rings. The summed E-state index contributed by atoms with van der Waals surface area (Å²) in [5, 5.41) is 11.1. The average Bonchev–Trinajstić information content (AvgIpc) is 3.20. The maximum absolute atomic E-state index is 13.1. The number of carbonyl (C=O) groups is 1. The van der Waals surface area contributed by atoms with Crippen molar-refractivity contribution in [2.75, 3.05) is 44.8 Å². The Morgan fingerprint density at radius 2 is 1.85 bits per heavy atom. The lowest BCUT2D eigenvalue weighted by atomic mass is 10.1. The number of nitrogens with one attached hydrogen (secondary N) is 1. The number of benzene rings is 1. The van der Waals surface area contributed by atoms with Crippen LogP contribution in [0.5, 0.6) is 0 Å². The molecule has 0 radical (unpaired) electrons. The number of hydrogen-bond acceptors (Lipinski definition) is 8. The minimum atomic E-state index is -0.243. The second-order valence-corrected chi connectivity index (χ2v) is 9.23. The quantitative estimate of drug-likeness (QED) is 0.531. The lowest BCUT2D eigenvalue weighted by Gasteiger charge is -2.32. The fourth-order valence-corrected chi connectivity index (χ4v) is 3.99. The zero-order valence-corrected chi connectivity index (χ0v) is 20.2. The third kappa shape index (κ3) is 5.32. The molecule has 0 aliphatic carbocycles. The number of aromatic nitrogens is 4. The highest BCUT2D eigenvalue weighted by Crippen LogP contribution is 2.22. The minimum Gasteiger partial charge on any atom is -0.318 e. The Kier molecular flexibility index (Phi) is 7.05. The number of aryl methyl sites for hydroxylation is 1. The van der Waals surface area contributed by atoms with Crippen LogP contribution in [0.1, 0.15) is 35.6 Å². The molecule has 0 bridgehead atoms. The topological polar surface area (TPSA) is 106 Å². The molecule has 1 amide bonds. The standard InChI is InChI=1S/C24H31N9O/c1-17(2)14-33(23-21-22(31(4)16-26-21)27-20(13-25)28-23)29-24(34)19-7-5-18(6-8-19)15-32-11-9-30(3)10-12-32/h5-8,16-17H,9-12,14-15H2,1-4H3,(H,29,34). The largest absolute Gasteiger partial charge is 0.318 e. The van der Waals surface area contributed by atoms with Crippen molar-refractivity contribution >= 4 is 22.9 Å².